The fourth-order valence-corrected chi connectivity index (χ4v) is 0.580. The molecule has 1 atom stereocenters. The molecule has 14 heavy (non-hydrogen) atoms. The van der Waals surface area contributed by atoms with Gasteiger partial charge in [0.05, 0.1) is 6.61 Å². The molecular weight excluding hydrogens is 211 g/mol. The molecule has 0 aliphatic heterocycles. The minimum atomic E-state index is -2.75. The normalized spacial score (nSPS) is 12.1. The molecule has 0 saturated carbocycles. The van der Waals surface area contributed by atoms with Gasteiger partial charge in [0.25, 0.3) is 6.79 Å². The van der Waals surface area contributed by atoms with Crippen LogP contribution in [-0.2, 0) is 18.6 Å². The van der Waals surface area contributed by atoms with Gasteiger partial charge in [-0.15, -0.1) is 4.89 Å². The largest absolute Gasteiger partial charge is 0.698 e. The van der Waals surface area contributed by atoms with Gasteiger partial charge in [-0.05, 0) is 5.41 Å². The van der Waals surface area contributed by atoms with E-state index in [1.807, 2.05) is 20.8 Å². The van der Waals surface area contributed by atoms with Crippen molar-refractivity contribution >= 4 is 14.4 Å². The Morgan fingerprint density at radius 2 is 1.93 bits per heavy atom. The van der Waals surface area contributed by atoms with Crippen molar-refractivity contribution < 1.29 is 28.3 Å². The Hall–Kier alpha value is -0.710. The summed E-state index contributed by atoms with van der Waals surface area (Å²) in [5.41, 5.74) is -0.151. The number of carbonyl (C=O) groups is 1. The van der Waals surface area contributed by atoms with Crippen molar-refractivity contribution in [2.45, 2.75) is 20.8 Å². The van der Waals surface area contributed by atoms with Crippen molar-refractivity contribution in [2.75, 3.05) is 13.4 Å². The van der Waals surface area contributed by atoms with Crippen molar-refractivity contribution in [3.63, 3.8) is 0 Å². The topological polar surface area (TPSA) is 82.1 Å². The maximum absolute atomic E-state index is 10.8. The summed E-state index contributed by atoms with van der Waals surface area (Å²) in [6.07, 6.45) is -0.920. The third-order valence-electron chi connectivity index (χ3n) is 0.963. The Labute approximate surface area is 83.1 Å². The van der Waals surface area contributed by atoms with Crippen molar-refractivity contribution in [3.8, 4) is 0 Å². The minimum absolute atomic E-state index is 0.151. The molecule has 0 amide bonds. The van der Waals surface area contributed by atoms with E-state index in [9.17, 15) is 9.36 Å². The van der Waals surface area contributed by atoms with Crippen LogP contribution >= 0.6 is 8.25 Å². The van der Waals surface area contributed by atoms with E-state index in [-0.39, 0.29) is 12.0 Å². The molecule has 7 heteroatoms. The van der Waals surface area contributed by atoms with E-state index in [2.05, 4.69) is 14.0 Å². The van der Waals surface area contributed by atoms with Gasteiger partial charge in [0.1, 0.15) is 0 Å². The van der Waals surface area contributed by atoms with Crippen LogP contribution in [-0.4, -0.2) is 24.4 Å². The average molecular weight is 225 g/mol. The highest BCUT2D eigenvalue weighted by atomic mass is 31.1. The van der Waals surface area contributed by atoms with Gasteiger partial charge < -0.3 is 9.47 Å². The molecule has 0 aromatic rings. The Morgan fingerprint density at radius 3 is 2.36 bits per heavy atom. The van der Waals surface area contributed by atoms with Gasteiger partial charge in [-0.25, -0.2) is 4.79 Å². The first-order valence-corrected chi connectivity index (χ1v) is 5.03. The summed E-state index contributed by atoms with van der Waals surface area (Å²) in [5.74, 6) is 0. The first-order chi connectivity index (χ1) is 6.31. The monoisotopic (exact) mass is 225 g/mol. The fourth-order valence-electron chi connectivity index (χ4n) is 0.437. The Kier molecular flexibility index (Phi) is 5.60. The quantitative estimate of drug-likeness (QED) is 0.446. The molecular formula is C7H14O6P+. The predicted octanol–water partition coefficient (Wildman–Crippen LogP) is 1.81. The number of carbonyl (C=O) groups excluding carboxylic acids is 1. The summed E-state index contributed by atoms with van der Waals surface area (Å²) in [4.78, 5) is 18.9. The summed E-state index contributed by atoms with van der Waals surface area (Å²) < 4.78 is 23.1. The highest BCUT2D eigenvalue weighted by Gasteiger charge is 2.17. The van der Waals surface area contributed by atoms with Crippen LogP contribution in [0.1, 0.15) is 20.8 Å². The van der Waals surface area contributed by atoms with Crippen LogP contribution in [0.2, 0.25) is 0 Å². The third kappa shape index (κ3) is 9.38. The zero-order chi connectivity index (χ0) is 11.2. The standard InChI is InChI=1S/C7H13O6P/c1-7(2,3)4-11-6(8)12-5-13-14(9)10/h4-5H2,1-3H3/p+1. The van der Waals surface area contributed by atoms with Crippen molar-refractivity contribution in [3.05, 3.63) is 0 Å². The maximum Gasteiger partial charge on any atom is 0.698 e. The third-order valence-corrected chi connectivity index (χ3v) is 1.29. The molecule has 6 nitrogen and oxygen atoms in total. The Bertz CT molecular complexity index is 209. The lowest BCUT2D eigenvalue weighted by Crippen LogP contribution is -2.19. The predicted molar refractivity (Wildman–Crippen MR) is 47.7 cm³/mol. The van der Waals surface area contributed by atoms with E-state index in [1.165, 1.54) is 0 Å². The zero-order valence-electron chi connectivity index (χ0n) is 8.35. The molecule has 0 rings (SSSR count). The van der Waals surface area contributed by atoms with Crippen LogP contribution in [0, 0.1) is 5.41 Å². The van der Waals surface area contributed by atoms with Crippen LogP contribution in [0.15, 0.2) is 0 Å². The second-order valence-electron chi connectivity index (χ2n) is 3.73. The molecule has 0 aromatic carbocycles. The van der Waals surface area contributed by atoms with Crippen molar-refractivity contribution in [1.29, 1.82) is 0 Å². The molecule has 1 N–H and O–H groups in total. The van der Waals surface area contributed by atoms with Gasteiger partial charge in [-0.3, -0.25) is 0 Å². The molecule has 0 aromatic heterocycles. The lowest BCUT2D eigenvalue weighted by Gasteiger charge is -2.16. The van der Waals surface area contributed by atoms with E-state index < -0.39 is 21.2 Å². The average Bonchev–Trinajstić information content (AvgIpc) is 1.99. The molecule has 0 aliphatic carbocycles. The molecule has 82 valence electrons. The van der Waals surface area contributed by atoms with Crippen molar-refractivity contribution in [2.24, 2.45) is 5.41 Å². The lowest BCUT2D eigenvalue weighted by atomic mass is 9.99. The number of rotatable bonds is 4. The summed E-state index contributed by atoms with van der Waals surface area (Å²) in [6.45, 7) is 5.29. The number of hydrogen-bond acceptors (Lipinski definition) is 5. The SMILES string of the molecule is CC(C)(C)COC(=O)OCO[P+](=O)O. The van der Waals surface area contributed by atoms with Crippen LogP contribution in [0.5, 0.6) is 0 Å². The van der Waals surface area contributed by atoms with Gasteiger partial charge in [-0.2, -0.15) is 0 Å². The summed E-state index contributed by atoms with van der Waals surface area (Å²) in [6, 6.07) is 0. The first kappa shape index (κ1) is 13.3. The van der Waals surface area contributed by atoms with E-state index in [0.717, 1.165) is 0 Å². The van der Waals surface area contributed by atoms with Crippen molar-refractivity contribution in [1.82, 2.24) is 0 Å². The number of ether oxygens (including phenoxy) is 2. The summed E-state index contributed by atoms with van der Waals surface area (Å²) >= 11 is 0. The minimum Gasteiger partial charge on any atom is -0.434 e. The maximum atomic E-state index is 10.8. The van der Waals surface area contributed by atoms with Crippen LogP contribution < -0.4 is 0 Å². The van der Waals surface area contributed by atoms with Gasteiger partial charge >= 0.3 is 14.4 Å². The molecule has 0 aliphatic rings. The van der Waals surface area contributed by atoms with Gasteiger partial charge in [-0.1, -0.05) is 25.3 Å². The molecule has 0 heterocycles. The smallest absolute Gasteiger partial charge is 0.434 e. The first-order valence-electron chi connectivity index (χ1n) is 3.90. The molecule has 1 unspecified atom stereocenters. The molecule has 0 bridgehead atoms. The molecule has 0 radical (unpaired) electrons. The second-order valence-corrected chi connectivity index (χ2v) is 4.46. The molecule has 0 spiro atoms. The molecule has 0 fully saturated rings. The van der Waals surface area contributed by atoms with E-state index in [0.29, 0.717) is 0 Å². The second kappa shape index (κ2) is 5.90. The fraction of sp³-hybridized carbons (Fsp3) is 0.857. The van der Waals surface area contributed by atoms with Gasteiger partial charge in [0, 0.05) is 4.57 Å². The van der Waals surface area contributed by atoms with Gasteiger partial charge in [0.15, 0.2) is 0 Å². The summed E-state index contributed by atoms with van der Waals surface area (Å²) in [5, 5.41) is 0. The zero-order valence-corrected chi connectivity index (χ0v) is 9.24. The van der Waals surface area contributed by atoms with E-state index in [1.54, 1.807) is 0 Å². The summed E-state index contributed by atoms with van der Waals surface area (Å²) in [7, 11) is -2.75. The Balaban J connectivity index is 3.52. The van der Waals surface area contributed by atoms with Crippen LogP contribution in [0.4, 0.5) is 4.79 Å². The highest BCUT2D eigenvalue weighted by molar-refractivity contribution is 7.32. The number of hydrogen-bond donors (Lipinski definition) is 1. The molecule has 0 saturated heterocycles. The van der Waals surface area contributed by atoms with Crippen LogP contribution in [0.3, 0.4) is 0 Å². The lowest BCUT2D eigenvalue weighted by molar-refractivity contribution is -0.00816. The highest BCUT2D eigenvalue weighted by Crippen LogP contribution is 2.15. The Morgan fingerprint density at radius 1 is 1.36 bits per heavy atom. The van der Waals surface area contributed by atoms with E-state index in [4.69, 9.17) is 4.89 Å². The van der Waals surface area contributed by atoms with E-state index >= 15 is 0 Å². The van der Waals surface area contributed by atoms with Crippen LogP contribution in [0.25, 0.3) is 0 Å². The van der Waals surface area contributed by atoms with Gasteiger partial charge in [0.2, 0.25) is 0 Å².